The Kier molecular flexibility index (Phi) is 3.00. The summed E-state index contributed by atoms with van der Waals surface area (Å²) in [5.41, 5.74) is 1.16. The fourth-order valence-electron chi connectivity index (χ4n) is 1.65. The smallest absolute Gasteiger partial charge is 0.166 e. The van der Waals surface area contributed by atoms with E-state index in [1.165, 1.54) is 17.4 Å². The molecule has 94 valence electrons. The van der Waals surface area contributed by atoms with Crippen molar-refractivity contribution in [2.45, 2.75) is 6.92 Å². The minimum Gasteiger partial charge on any atom is -0.242 e. The molecule has 0 fully saturated rings. The van der Waals surface area contributed by atoms with E-state index in [9.17, 15) is 4.39 Å². The van der Waals surface area contributed by atoms with Gasteiger partial charge in [-0.25, -0.2) is 14.4 Å². The quantitative estimate of drug-likeness (QED) is 0.719. The molecule has 0 N–H and O–H groups in total. The molecule has 2 aromatic heterocycles. The van der Waals surface area contributed by atoms with Crippen molar-refractivity contribution in [2.75, 3.05) is 0 Å². The van der Waals surface area contributed by atoms with E-state index in [0.29, 0.717) is 27.1 Å². The summed E-state index contributed by atoms with van der Waals surface area (Å²) in [6.07, 6.45) is 1.67. The van der Waals surface area contributed by atoms with Crippen LogP contribution in [0.5, 0.6) is 0 Å². The van der Waals surface area contributed by atoms with E-state index in [4.69, 9.17) is 0 Å². The lowest BCUT2D eigenvalue weighted by atomic mass is 10.2. The van der Waals surface area contributed by atoms with Crippen LogP contribution in [0.4, 0.5) is 4.39 Å². The summed E-state index contributed by atoms with van der Waals surface area (Å²) in [7, 11) is 0. The molecule has 3 rings (SSSR count). The van der Waals surface area contributed by atoms with Gasteiger partial charge in [0, 0.05) is 11.8 Å². The average molecular weight is 272 g/mol. The third kappa shape index (κ3) is 2.34. The van der Waals surface area contributed by atoms with Gasteiger partial charge in [-0.3, -0.25) is 0 Å². The second-order valence-corrected chi connectivity index (χ2v) is 4.86. The molecule has 3 aromatic rings. The molecule has 0 unspecified atom stereocenters. The molecule has 0 saturated carbocycles. The number of aromatic nitrogens is 4. The van der Waals surface area contributed by atoms with E-state index >= 15 is 0 Å². The number of rotatable bonds is 2. The van der Waals surface area contributed by atoms with Crippen molar-refractivity contribution in [3.8, 4) is 21.3 Å². The van der Waals surface area contributed by atoms with Gasteiger partial charge >= 0.3 is 0 Å². The monoisotopic (exact) mass is 272 g/mol. The zero-order chi connectivity index (χ0) is 13.2. The predicted octanol–water partition coefficient (Wildman–Crippen LogP) is 3.11. The Labute approximate surface area is 113 Å². The molecular weight excluding hydrogens is 263 g/mol. The molecule has 19 heavy (non-hydrogen) atoms. The molecule has 6 heteroatoms. The second kappa shape index (κ2) is 4.81. The molecular formula is C13H9FN4S. The summed E-state index contributed by atoms with van der Waals surface area (Å²) in [6, 6.07) is 8.28. The van der Waals surface area contributed by atoms with Crippen LogP contribution in [0, 0.1) is 12.7 Å². The minimum absolute atomic E-state index is 0.302. The fourth-order valence-corrected chi connectivity index (χ4v) is 2.49. The summed E-state index contributed by atoms with van der Waals surface area (Å²) in [5, 5.41) is 9.28. The van der Waals surface area contributed by atoms with Crippen molar-refractivity contribution in [1.29, 1.82) is 0 Å². The van der Waals surface area contributed by atoms with Crippen molar-refractivity contribution in [2.24, 2.45) is 0 Å². The van der Waals surface area contributed by atoms with Crippen LogP contribution in [-0.4, -0.2) is 20.2 Å². The molecule has 0 bridgehead atoms. The largest absolute Gasteiger partial charge is 0.242 e. The predicted molar refractivity (Wildman–Crippen MR) is 71.1 cm³/mol. The molecule has 0 spiro atoms. The molecule has 0 aliphatic rings. The summed E-state index contributed by atoms with van der Waals surface area (Å²) in [4.78, 5) is 8.31. The number of aryl methyl sites for hydroxylation is 1. The van der Waals surface area contributed by atoms with Crippen LogP contribution in [-0.2, 0) is 0 Å². The summed E-state index contributed by atoms with van der Waals surface area (Å²) >= 11 is 1.31. The Morgan fingerprint density at radius 1 is 1.05 bits per heavy atom. The minimum atomic E-state index is -0.302. The Hall–Kier alpha value is -2.21. The van der Waals surface area contributed by atoms with Crippen molar-refractivity contribution in [3.63, 3.8) is 0 Å². The van der Waals surface area contributed by atoms with Crippen molar-refractivity contribution in [3.05, 3.63) is 48.2 Å². The molecule has 0 aliphatic carbocycles. The first-order valence-electron chi connectivity index (χ1n) is 5.62. The third-order valence-corrected chi connectivity index (χ3v) is 3.50. The lowest BCUT2D eigenvalue weighted by Crippen LogP contribution is -1.88. The van der Waals surface area contributed by atoms with Gasteiger partial charge in [0.1, 0.15) is 17.3 Å². The summed E-state index contributed by atoms with van der Waals surface area (Å²) < 4.78 is 13.7. The van der Waals surface area contributed by atoms with Gasteiger partial charge < -0.3 is 0 Å². The maximum atomic E-state index is 13.7. The average Bonchev–Trinajstić information content (AvgIpc) is 2.89. The SMILES string of the molecule is Cc1nccc(-c2nnc(-c3ccccc3F)s2)n1. The highest BCUT2D eigenvalue weighted by Gasteiger charge is 2.12. The van der Waals surface area contributed by atoms with Crippen LogP contribution >= 0.6 is 11.3 Å². The zero-order valence-corrected chi connectivity index (χ0v) is 10.9. The zero-order valence-electron chi connectivity index (χ0n) is 10.0. The first kappa shape index (κ1) is 11.9. The lowest BCUT2D eigenvalue weighted by Gasteiger charge is -1.96. The van der Waals surface area contributed by atoms with Crippen molar-refractivity contribution < 1.29 is 4.39 Å². The van der Waals surface area contributed by atoms with E-state index < -0.39 is 0 Å². The molecule has 0 aliphatic heterocycles. The normalized spacial score (nSPS) is 10.6. The summed E-state index contributed by atoms with van der Waals surface area (Å²) in [6.45, 7) is 1.81. The fraction of sp³-hybridized carbons (Fsp3) is 0.0769. The topological polar surface area (TPSA) is 51.6 Å². The number of nitrogens with zero attached hydrogens (tertiary/aromatic N) is 4. The van der Waals surface area contributed by atoms with Gasteiger partial charge in [-0.2, -0.15) is 0 Å². The number of hydrogen-bond acceptors (Lipinski definition) is 5. The van der Waals surface area contributed by atoms with Crippen LogP contribution in [0.15, 0.2) is 36.5 Å². The Bertz CT molecular complexity index is 726. The van der Waals surface area contributed by atoms with E-state index in [-0.39, 0.29) is 5.82 Å². The van der Waals surface area contributed by atoms with Gasteiger partial charge in [0.2, 0.25) is 0 Å². The number of hydrogen-bond donors (Lipinski definition) is 0. The first-order chi connectivity index (χ1) is 9.24. The molecule has 4 nitrogen and oxygen atoms in total. The van der Waals surface area contributed by atoms with Crippen LogP contribution in [0.2, 0.25) is 0 Å². The van der Waals surface area contributed by atoms with Gasteiger partial charge in [-0.05, 0) is 25.1 Å². The highest BCUT2D eigenvalue weighted by Crippen LogP contribution is 2.30. The molecule has 0 amide bonds. The summed E-state index contributed by atoms with van der Waals surface area (Å²) in [5.74, 6) is 0.365. The lowest BCUT2D eigenvalue weighted by molar-refractivity contribution is 0.631. The van der Waals surface area contributed by atoms with Crippen LogP contribution in [0.3, 0.4) is 0 Å². The van der Waals surface area contributed by atoms with E-state index in [1.807, 2.05) is 6.92 Å². The molecule has 0 atom stereocenters. The maximum absolute atomic E-state index is 13.7. The highest BCUT2D eigenvalue weighted by atomic mass is 32.1. The van der Waals surface area contributed by atoms with Crippen LogP contribution < -0.4 is 0 Å². The van der Waals surface area contributed by atoms with Gasteiger partial charge in [0.25, 0.3) is 0 Å². The van der Waals surface area contributed by atoms with Crippen molar-refractivity contribution in [1.82, 2.24) is 20.2 Å². The Morgan fingerprint density at radius 2 is 1.84 bits per heavy atom. The molecule has 0 radical (unpaired) electrons. The highest BCUT2D eigenvalue weighted by molar-refractivity contribution is 7.17. The standard InChI is InChI=1S/C13H9FN4S/c1-8-15-7-6-11(16-8)13-18-17-12(19-13)9-4-2-3-5-10(9)14/h2-7H,1H3. The third-order valence-electron chi connectivity index (χ3n) is 2.52. The molecule has 0 saturated heterocycles. The molecule has 2 heterocycles. The Balaban J connectivity index is 2.03. The van der Waals surface area contributed by atoms with E-state index in [0.717, 1.165) is 0 Å². The van der Waals surface area contributed by atoms with E-state index in [1.54, 1.807) is 30.5 Å². The van der Waals surface area contributed by atoms with Crippen molar-refractivity contribution >= 4 is 11.3 Å². The second-order valence-electron chi connectivity index (χ2n) is 3.88. The van der Waals surface area contributed by atoms with E-state index in [2.05, 4.69) is 20.2 Å². The first-order valence-corrected chi connectivity index (χ1v) is 6.44. The van der Waals surface area contributed by atoms with Gasteiger partial charge in [-0.15, -0.1) is 10.2 Å². The van der Waals surface area contributed by atoms with Crippen LogP contribution in [0.1, 0.15) is 5.82 Å². The molecule has 1 aromatic carbocycles. The number of benzene rings is 1. The Morgan fingerprint density at radius 3 is 2.63 bits per heavy atom. The van der Waals surface area contributed by atoms with Gasteiger partial charge in [-0.1, -0.05) is 23.5 Å². The van der Waals surface area contributed by atoms with Gasteiger partial charge in [0.05, 0.1) is 0 Å². The number of halogens is 1. The van der Waals surface area contributed by atoms with Gasteiger partial charge in [0.15, 0.2) is 10.0 Å². The maximum Gasteiger partial charge on any atom is 0.166 e. The van der Waals surface area contributed by atoms with Crippen LogP contribution in [0.25, 0.3) is 21.3 Å².